The van der Waals surface area contributed by atoms with Crippen LogP contribution < -0.4 is 5.32 Å². The molecule has 0 radical (unpaired) electrons. The molecule has 2 aliphatic rings. The van der Waals surface area contributed by atoms with Gasteiger partial charge in [0, 0.05) is 24.8 Å². The number of allylic oxidation sites excluding steroid dienone is 1. The van der Waals surface area contributed by atoms with Crippen LogP contribution in [0.15, 0.2) is 29.7 Å². The zero-order valence-corrected chi connectivity index (χ0v) is 13.1. The highest BCUT2D eigenvalue weighted by atomic mass is 32.2. The molecule has 0 aromatic heterocycles. The normalized spacial score (nSPS) is 29.6. The second-order valence-corrected chi connectivity index (χ2v) is 6.83. The first-order valence-corrected chi connectivity index (χ1v) is 8.13. The Kier molecular flexibility index (Phi) is 3.95. The largest absolute Gasteiger partial charge is 0.508 e. The molecule has 0 bridgehead atoms. The number of hydrogen-bond donors (Lipinski definition) is 2. The van der Waals surface area contributed by atoms with Crippen LogP contribution >= 0.6 is 11.8 Å². The Bertz CT molecular complexity index is 587. The Morgan fingerprint density at radius 3 is 2.95 bits per heavy atom. The number of nitrogens with zero attached hydrogens (tertiary/aromatic N) is 1. The van der Waals surface area contributed by atoms with Crippen molar-refractivity contribution in [3.8, 4) is 5.75 Å². The van der Waals surface area contributed by atoms with Crippen LogP contribution in [0.25, 0.3) is 5.57 Å². The van der Waals surface area contributed by atoms with Gasteiger partial charge in [0.2, 0.25) is 5.91 Å². The third kappa shape index (κ3) is 2.80. The van der Waals surface area contributed by atoms with Crippen molar-refractivity contribution >= 4 is 23.2 Å². The predicted molar refractivity (Wildman–Crippen MR) is 85.8 cm³/mol. The average molecular weight is 304 g/mol. The number of carbonyl (C=O) groups is 1. The Morgan fingerprint density at radius 2 is 2.24 bits per heavy atom. The lowest BCUT2D eigenvalue weighted by atomic mass is 9.88. The molecular weight excluding hydrogens is 284 g/mol. The van der Waals surface area contributed by atoms with Crippen LogP contribution in [0.3, 0.4) is 0 Å². The van der Waals surface area contributed by atoms with E-state index in [0.29, 0.717) is 30.0 Å². The smallest absolute Gasteiger partial charge is 0.224 e. The van der Waals surface area contributed by atoms with E-state index >= 15 is 0 Å². The quantitative estimate of drug-likeness (QED) is 0.880. The van der Waals surface area contributed by atoms with Gasteiger partial charge in [-0.1, -0.05) is 19.1 Å². The second kappa shape index (κ2) is 5.73. The van der Waals surface area contributed by atoms with Crippen LogP contribution in [0.2, 0.25) is 0 Å². The van der Waals surface area contributed by atoms with Gasteiger partial charge in [-0.25, -0.2) is 0 Å². The zero-order valence-electron chi connectivity index (χ0n) is 12.2. The first kappa shape index (κ1) is 14.5. The van der Waals surface area contributed by atoms with E-state index in [1.807, 2.05) is 19.2 Å². The highest BCUT2D eigenvalue weighted by molar-refractivity contribution is 8.03. The average Bonchev–Trinajstić information content (AvgIpc) is 2.84. The van der Waals surface area contributed by atoms with Crippen molar-refractivity contribution in [1.29, 1.82) is 0 Å². The summed E-state index contributed by atoms with van der Waals surface area (Å²) in [6.45, 7) is 2.82. The number of nitrogens with one attached hydrogen (secondary N) is 1. The molecule has 1 aromatic rings. The van der Waals surface area contributed by atoms with Gasteiger partial charge in [-0.05, 0) is 34.6 Å². The maximum atomic E-state index is 11.9. The minimum absolute atomic E-state index is 0.206. The molecule has 3 atom stereocenters. The SMILES string of the molecule is CC1C(c2cccc(O)c2)=CSC1C1CC(=O)N(C)CN1. The monoisotopic (exact) mass is 304 g/mol. The Hall–Kier alpha value is -1.46. The topological polar surface area (TPSA) is 52.6 Å². The van der Waals surface area contributed by atoms with Gasteiger partial charge in [-0.2, -0.15) is 0 Å². The molecule has 0 saturated carbocycles. The number of phenols is 1. The Balaban J connectivity index is 1.74. The van der Waals surface area contributed by atoms with E-state index in [4.69, 9.17) is 0 Å². The lowest BCUT2D eigenvalue weighted by Crippen LogP contribution is -2.53. The molecule has 1 saturated heterocycles. The summed E-state index contributed by atoms with van der Waals surface area (Å²) < 4.78 is 0. The molecule has 0 aliphatic carbocycles. The molecular formula is C16H20N2O2S. The lowest BCUT2D eigenvalue weighted by Gasteiger charge is -2.35. The summed E-state index contributed by atoms with van der Waals surface area (Å²) >= 11 is 1.79. The van der Waals surface area contributed by atoms with Crippen LogP contribution in [0.5, 0.6) is 5.75 Å². The Labute approximate surface area is 129 Å². The maximum absolute atomic E-state index is 11.9. The second-order valence-electron chi connectivity index (χ2n) is 5.78. The molecule has 0 spiro atoms. The molecule has 21 heavy (non-hydrogen) atoms. The Morgan fingerprint density at radius 1 is 1.43 bits per heavy atom. The van der Waals surface area contributed by atoms with Gasteiger partial charge in [0.15, 0.2) is 0 Å². The highest BCUT2D eigenvalue weighted by Gasteiger charge is 2.37. The van der Waals surface area contributed by atoms with Gasteiger partial charge in [0.05, 0.1) is 6.67 Å². The summed E-state index contributed by atoms with van der Waals surface area (Å²) in [4.78, 5) is 13.6. The van der Waals surface area contributed by atoms with Crippen molar-refractivity contribution in [1.82, 2.24) is 10.2 Å². The van der Waals surface area contributed by atoms with Gasteiger partial charge < -0.3 is 10.0 Å². The molecule has 2 aliphatic heterocycles. The fraction of sp³-hybridized carbons (Fsp3) is 0.438. The minimum Gasteiger partial charge on any atom is -0.508 e. The minimum atomic E-state index is 0.206. The summed E-state index contributed by atoms with van der Waals surface area (Å²) in [7, 11) is 1.83. The third-order valence-electron chi connectivity index (χ3n) is 4.32. The van der Waals surface area contributed by atoms with E-state index in [-0.39, 0.29) is 11.9 Å². The fourth-order valence-electron chi connectivity index (χ4n) is 3.00. The van der Waals surface area contributed by atoms with Crippen LogP contribution in [-0.2, 0) is 4.79 Å². The molecule has 3 rings (SSSR count). The maximum Gasteiger partial charge on any atom is 0.224 e. The number of thioether (sulfide) groups is 1. The molecule has 112 valence electrons. The number of carbonyl (C=O) groups excluding carboxylic acids is 1. The van der Waals surface area contributed by atoms with Gasteiger partial charge >= 0.3 is 0 Å². The molecule has 5 heteroatoms. The predicted octanol–water partition coefficient (Wildman–Crippen LogP) is 2.26. The van der Waals surface area contributed by atoms with Crippen LogP contribution in [0.1, 0.15) is 18.9 Å². The molecule has 3 unspecified atom stereocenters. The van der Waals surface area contributed by atoms with Crippen molar-refractivity contribution in [3.63, 3.8) is 0 Å². The van der Waals surface area contributed by atoms with Crippen molar-refractivity contribution in [3.05, 3.63) is 35.2 Å². The van der Waals surface area contributed by atoms with E-state index in [2.05, 4.69) is 17.6 Å². The number of amides is 1. The number of benzene rings is 1. The highest BCUT2D eigenvalue weighted by Crippen LogP contribution is 2.43. The molecule has 1 fully saturated rings. The summed E-state index contributed by atoms with van der Waals surface area (Å²) in [5.41, 5.74) is 2.31. The van der Waals surface area contributed by atoms with Crippen LogP contribution in [0.4, 0.5) is 0 Å². The summed E-state index contributed by atoms with van der Waals surface area (Å²) in [6.07, 6.45) is 0.555. The van der Waals surface area contributed by atoms with Crippen LogP contribution in [-0.4, -0.2) is 40.9 Å². The first-order valence-electron chi connectivity index (χ1n) is 7.18. The van der Waals surface area contributed by atoms with Crippen molar-refractivity contribution in [2.45, 2.75) is 24.6 Å². The summed E-state index contributed by atoms with van der Waals surface area (Å²) in [5, 5.41) is 15.6. The zero-order chi connectivity index (χ0) is 15.0. The summed E-state index contributed by atoms with van der Waals surface area (Å²) in [6, 6.07) is 7.59. The number of hydrogen-bond acceptors (Lipinski definition) is 4. The van der Waals surface area contributed by atoms with E-state index in [1.165, 1.54) is 5.57 Å². The van der Waals surface area contributed by atoms with Gasteiger partial charge in [0.1, 0.15) is 5.75 Å². The van der Waals surface area contributed by atoms with Gasteiger partial charge in [0.25, 0.3) is 0 Å². The van der Waals surface area contributed by atoms with E-state index in [0.717, 1.165) is 5.56 Å². The first-order chi connectivity index (χ1) is 10.1. The third-order valence-corrected chi connectivity index (χ3v) is 5.76. The number of rotatable bonds is 2. The van der Waals surface area contributed by atoms with E-state index in [9.17, 15) is 9.90 Å². The molecule has 4 nitrogen and oxygen atoms in total. The lowest BCUT2D eigenvalue weighted by molar-refractivity contribution is -0.133. The van der Waals surface area contributed by atoms with Crippen molar-refractivity contribution < 1.29 is 9.90 Å². The molecule has 1 amide bonds. The van der Waals surface area contributed by atoms with Crippen LogP contribution in [0, 0.1) is 5.92 Å². The van der Waals surface area contributed by atoms with Gasteiger partial charge in [-0.3, -0.25) is 10.1 Å². The van der Waals surface area contributed by atoms with E-state index < -0.39 is 0 Å². The number of aromatic hydroxyl groups is 1. The molecule has 2 N–H and O–H groups in total. The molecule has 1 aromatic carbocycles. The summed E-state index contributed by atoms with van der Waals surface area (Å²) in [5.74, 6) is 0.851. The van der Waals surface area contributed by atoms with Gasteiger partial charge in [-0.15, -0.1) is 11.8 Å². The van der Waals surface area contributed by atoms with E-state index in [1.54, 1.807) is 28.8 Å². The van der Waals surface area contributed by atoms with Crippen molar-refractivity contribution in [2.75, 3.05) is 13.7 Å². The standard InChI is InChI=1S/C16H20N2O2S/c1-10-13(11-4-3-5-12(19)6-11)8-21-16(10)14-7-15(20)18(2)9-17-14/h3-6,8,10,14,16-17,19H,7,9H2,1-2H3. The van der Waals surface area contributed by atoms with Crippen molar-refractivity contribution in [2.24, 2.45) is 5.92 Å². The fourth-order valence-corrected chi connectivity index (χ4v) is 4.42. The number of phenolic OH excluding ortho intramolecular Hbond substituents is 1. The molecule has 2 heterocycles.